The first-order valence-corrected chi connectivity index (χ1v) is 7.74. The van der Waals surface area contributed by atoms with Crippen LogP contribution in [0.4, 0.5) is 11.4 Å². The lowest BCUT2D eigenvalue weighted by molar-refractivity contribution is 0.100. The Kier molecular flexibility index (Phi) is 4.58. The number of hydrogen-bond acceptors (Lipinski definition) is 4. The minimum atomic E-state index is -0.480. The molecule has 1 saturated carbocycles. The molecule has 19 heavy (non-hydrogen) atoms. The molecule has 0 aliphatic heterocycles. The van der Waals surface area contributed by atoms with Crippen LogP contribution < -0.4 is 16.8 Å². The van der Waals surface area contributed by atoms with E-state index >= 15 is 0 Å². The zero-order valence-electron chi connectivity index (χ0n) is 11.2. The van der Waals surface area contributed by atoms with Gasteiger partial charge in [-0.05, 0) is 36.8 Å². The summed E-state index contributed by atoms with van der Waals surface area (Å²) in [5, 5.41) is 4.17. The summed E-state index contributed by atoms with van der Waals surface area (Å²) in [5.41, 5.74) is 12.8. The van der Waals surface area contributed by atoms with Gasteiger partial charge in [0.2, 0.25) is 0 Å². The van der Waals surface area contributed by atoms with Crippen LogP contribution in [-0.2, 0) is 0 Å². The summed E-state index contributed by atoms with van der Waals surface area (Å²) in [7, 11) is 0. The van der Waals surface area contributed by atoms with E-state index in [2.05, 4.69) is 12.2 Å². The Hall–Kier alpha value is -1.36. The van der Waals surface area contributed by atoms with E-state index in [9.17, 15) is 4.79 Å². The summed E-state index contributed by atoms with van der Waals surface area (Å²) in [5.74, 6) is 0.656. The third-order valence-corrected chi connectivity index (χ3v) is 4.83. The molecule has 1 aliphatic carbocycles. The smallest absolute Gasteiger partial charge is 0.250 e. The lowest BCUT2D eigenvalue weighted by Gasteiger charge is -2.21. The van der Waals surface area contributed by atoms with Gasteiger partial charge in [0.25, 0.3) is 5.91 Å². The number of rotatable bonds is 5. The van der Waals surface area contributed by atoms with Gasteiger partial charge in [0, 0.05) is 22.7 Å². The van der Waals surface area contributed by atoms with Crippen LogP contribution in [0.3, 0.4) is 0 Å². The Balaban J connectivity index is 2.10. The van der Waals surface area contributed by atoms with E-state index in [4.69, 9.17) is 11.5 Å². The molecule has 104 valence electrons. The second-order valence-electron chi connectivity index (χ2n) is 4.84. The summed E-state index contributed by atoms with van der Waals surface area (Å²) < 4.78 is 0. The fraction of sp³-hybridized carbons (Fsp3) is 0.500. The number of thioether (sulfide) groups is 1. The highest BCUT2D eigenvalue weighted by Gasteiger charge is 2.27. The van der Waals surface area contributed by atoms with Crippen molar-refractivity contribution < 1.29 is 4.79 Å². The first-order valence-electron chi connectivity index (χ1n) is 6.69. The average Bonchev–Trinajstić information content (AvgIpc) is 2.79. The molecular weight excluding hydrogens is 258 g/mol. The summed E-state index contributed by atoms with van der Waals surface area (Å²) in [6.45, 7) is 2.19. The van der Waals surface area contributed by atoms with Crippen molar-refractivity contribution in [3.05, 3.63) is 23.8 Å². The zero-order valence-corrected chi connectivity index (χ0v) is 12.0. The van der Waals surface area contributed by atoms with Crippen molar-refractivity contribution in [2.24, 2.45) is 5.73 Å². The highest BCUT2D eigenvalue weighted by atomic mass is 32.2. The molecule has 4 nitrogen and oxygen atoms in total. The van der Waals surface area contributed by atoms with E-state index in [1.165, 1.54) is 19.3 Å². The number of carbonyl (C=O) groups excluding carboxylic acids is 1. The van der Waals surface area contributed by atoms with Crippen molar-refractivity contribution in [2.75, 3.05) is 16.8 Å². The molecule has 2 atom stereocenters. The predicted molar refractivity (Wildman–Crippen MR) is 82.6 cm³/mol. The molecule has 0 heterocycles. The first-order chi connectivity index (χ1) is 9.11. The van der Waals surface area contributed by atoms with Crippen LogP contribution in [0.2, 0.25) is 0 Å². The van der Waals surface area contributed by atoms with Crippen molar-refractivity contribution >= 4 is 29.0 Å². The first kappa shape index (κ1) is 14.1. The normalized spacial score (nSPS) is 22.4. The Morgan fingerprint density at radius 2 is 2.26 bits per heavy atom. The average molecular weight is 279 g/mol. The molecule has 1 fully saturated rings. The summed E-state index contributed by atoms with van der Waals surface area (Å²) in [6, 6.07) is 5.87. The van der Waals surface area contributed by atoms with Crippen molar-refractivity contribution in [1.82, 2.24) is 0 Å². The van der Waals surface area contributed by atoms with Crippen molar-refractivity contribution in [3.63, 3.8) is 0 Å². The highest BCUT2D eigenvalue weighted by Crippen LogP contribution is 2.32. The maximum Gasteiger partial charge on any atom is 0.250 e. The van der Waals surface area contributed by atoms with Crippen LogP contribution in [0.5, 0.6) is 0 Å². The molecule has 5 heteroatoms. The van der Waals surface area contributed by atoms with Crippen LogP contribution in [-0.4, -0.2) is 23.0 Å². The van der Waals surface area contributed by atoms with Crippen LogP contribution in [0, 0.1) is 0 Å². The molecule has 1 aromatic rings. The highest BCUT2D eigenvalue weighted by molar-refractivity contribution is 7.99. The molecule has 0 aromatic heterocycles. The lowest BCUT2D eigenvalue weighted by Crippen LogP contribution is -2.26. The van der Waals surface area contributed by atoms with Gasteiger partial charge in [-0.1, -0.05) is 13.3 Å². The molecular formula is C14H21N3OS. The molecule has 0 saturated heterocycles. The van der Waals surface area contributed by atoms with Gasteiger partial charge in [-0.3, -0.25) is 4.79 Å². The van der Waals surface area contributed by atoms with E-state index in [0.29, 0.717) is 22.5 Å². The second kappa shape index (κ2) is 6.19. The predicted octanol–water partition coefficient (Wildman–Crippen LogP) is 2.45. The SMILES string of the molecule is CCSC1CCCC1Nc1ccc(N)c(C(N)=O)c1. The Labute approximate surface area is 118 Å². The second-order valence-corrected chi connectivity index (χ2v) is 6.36. The van der Waals surface area contributed by atoms with E-state index in [1.807, 2.05) is 17.8 Å². The minimum Gasteiger partial charge on any atom is -0.398 e. The van der Waals surface area contributed by atoms with Gasteiger partial charge < -0.3 is 16.8 Å². The monoisotopic (exact) mass is 279 g/mol. The van der Waals surface area contributed by atoms with Crippen LogP contribution in [0.1, 0.15) is 36.5 Å². The zero-order chi connectivity index (χ0) is 13.8. The molecule has 0 bridgehead atoms. The van der Waals surface area contributed by atoms with Crippen molar-refractivity contribution in [2.45, 2.75) is 37.5 Å². The van der Waals surface area contributed by atoms with Gasteiger partial charge in [0.1, 0.15) is 0 Å². The molecule has 1 aliphatic rings. The van der Waals surface area contributed by atoms with E-state index in [1.54, 1.807) is 12.1 Å². The Morgan fingerprint density at radius 1 is 1.47 bits per heavy atom. The molecule has 5 N–H and O–H groups in total. The van der Waals surface area contributed by atoms with Gasteiger partial charge in [-0.15, -0.1) is 0 Å². The number of nitrogen functional groups attached to an aromatic ring is 1. The van der Waals surface area contributed by atoms with E-state index in [-0.39, 0.29) is 0 Å². The van der Waals surface area contributed by atoms with Gasteiger partial charge in [-0.25, -0.2) is 0 Å². The number of primary amides is 1. The molecule has 1 amide bonds. The molecule has 0 radical (unpaired) electrons. The molecule has 1 aromatic carbocycles. The number of carbonyl (C=O) groups is 1. The fourth-order valence-electron chi connectivity index (χ4n) is 2.58. The Morgan fingerprint density at radius 3 is 2.95 bits per heavy atom. The third kappa shape index (κ3) is 3.35. The van der Waals surface area contributed by atoms with Gasteiger partial charge >= 0.3 is 0 Å². The number of benzene rings is 1. The number of nitrogens with one attached hydrogen (secondary N) is 1. The van der Waals surface area contributed by atoms with Crippen LogP contribution in [0.15, 0.2) is 18.2 Å². The quantitative estimate of drug-likeness (QED) is 0.723. The van der Waals surface area contributed by atoms with Gasteiger partial charge in [-0.2, -0.15) is 11.8 Å². The summed E-state index contributed by atoms with van der Waals surface area (Å²) in [6.07, 6.45) is 3.69. The maximum atomic E-state index is 11.3. The van der Waals surface area contributed by atoms with Crippen LogP contribution >= 0.6 is 11.8 Å². The van der Waals surface area contributed by atoms with Gasteiger partial charge in [0.15, 0.2) is 0 Å². The van der Waals surface area contributed by atoms with Crippen molar-refractivity contribution in [3.8, 4) is 0 Å². The van der Waals surface area contributed by atoms with Crippen molar-refractivity contribution in [1.29, 1.82) is 0 Å². The van der Waals surface area contributed by atoms with Gasteiger partial charge in [0.05, 0.1) is 5.56 Å². The number of amides is 1. The fourth-order valence-corrected chi connectivity index (χ4v) is 3.78. The van der Waals surface area contributed by atoms with Crippen LogP contribution in [0.25, 0.3) is 0 Å². The summed E-state index contributed by atoms with van der Waals surface area (Å²) in [4.78, 5) is 11.3. The summed E-state index contributed by atoms with van der Waals surface area (Å²) >= 11 is 2.00. The Bertz CT molecular complexity index is 464. The van der Waals surface area contributed by atoms with E-state index in [0.717, 1.165) is 11.4 Å². The number of nitrogens with two attached hydrogens (primary N) is 2. The maximum absolute atomic E-state index is 11.3. The standard InChI is InChI=1S/C14H21N3OS/c1-2-19-13-5-3-4-12(13)17-9-6-7-11(15)10(8-9)14(16)18/h6-8,12-13,17H,2-5,15H2,1H3,(H2,16,18). The topological polar surface area (TPSA) is 81.1 Å². The number of anilines is 2. The van der Waals surface area contributed by atoms with E-state index < -0.39 is 5.91 Å². The third-order valence-electron chi connectivity index (χ3n) is 3.50. The lowest BCUT2D eigenvalue weighted by atomic mass is 10.1. The molecule has 0 spiro atoms. The molecule has 2 unspecified atom stereocenters. The molecule has 2 rings (SSSR count). The minimum absolute atomic E-state index is 0.391. The largest absolute Gasteiger partial charge is 0.398 e. The number of hydrogen-bond donors (Lipinski definition) is 3.